The third-order valence-electron chi connectivity index (χ3n) is 3.25. The van der Waals surface area contributed by atoms with E-state index in [1.165, 1.54) is 0 Å². The second-order valence-corrected chi connectivity index (χ2v) is 5.99. The maximum atomic E-state index is 10.0. The van der Waals surface area contributed by atoms with Crippen molar-refractivity contribution < 1.29 is 9.84 Å². The third kappa shape index (κ3) is 4.76. The number of aliphatic hydroxyl groups is 1. The number of hydrogen-bond acceptors (Lipinski definition) is 3. The molecule has 0 amide bonds. The third-order valence-corrected chi connectivity index (χ3v) is 3.75. The lowest BCUT2D eigenvalue weighted by Gasteiger charge is -2.16. The number of rotatable bonds is 6. The minimum atomic E-state index is -0.567. The van der Waals surface area contributed by atoms with Crippen LogP contribution in [0.4, 0.5) is 5.69 Å². The Kier molecular flexibility index (Phi) is 5.65. The Morgan fingerprint density at radius 3 is 2.67 bits per heavy atom. The zero-order chi connectivity index (χ0) is 15.2. The maximum Gasteiger partial charge on any atom is 0.122 e. The molecule has 2 N–H and O–H groups in total. The van der Waals surface area contributed by atoms with Crippen LogP contribution in [0.1, 0.15) is 11.1 Å². The topological polar surface area (TPSA) is 41.5 Å². The van der Waals surface area contributed by atoms with E-state index in [2.05, 4.69) is 21.2 Å². The largest absolute Gasteiger partial charge is 0.491 e. The fourth-order valence-corrected chi connectivity index (χ4v) is 2.34. The molecule has 112 valence electrons. The Labute approximate surface area is 134 Å². The number of aliphatic hydroxyl groups excluding tert-OH is 1. The SMILES string of the molecule is Cc1ccc(Br)cc1NCC(O)COc1ccccc1C. The molecule has 0 bridgehead atoms. The molecule has 0 spiro atoms. The minimum Gasteiger partial charge on any atom is -0.491 e. The van der Waals surface area contributed by atoms with Crippen LogP contribution in [0, 0.1) is 13.8 Å². The summed E-state index contributed by atoms with van der Waals surface area (Å²) in [5, 5.41) is 13.3. The second kappa shape index (κ2) is 7.48. The molecule has 21 heavy (non-hydrogen) atoms. The van der Waals surface area contributed by atoms with E-state index in [-0.39, 0.29) is 6.61 Å². The summed E-state index contributed by atoms with van der Waals surface area (Å²) in [5.41, 5.74) is 3.23. The van der Waals surface area contributed by atoms with Gasteiger partial charge in [0.15, 0.2) is 0 Å². The molecule has 2 aromatic rings. The van der Waals surface area contributed by atoms with Gasteiger partial charge in [-0.05, 0) is 43.2 Å². The maximum absolute atomic E-state index is 10.0. The number of hydrogen-bond donors (Lipinski definition) is 2. The molecule has 0 saturated heterocycles. The lowest BCUT2D eigenvalue weighted by molar-refractivity contribution is 0.117. The van der Waals surface area contributed by atoms with E-state index in [9.17, 15) is 5.11 Å². The average molecular weight is 350 g/mol. The molecule has 0 saturated carbocycles. The van der Waals surface area contributed by atoms with Crippen LogP contribution >= 0.6 is 15.9 Å². The Hall–Kier alpha value is -1.52. The summed E-state index contributed by atoms with van der Waals surface area (Å²) in [4.78, 5) is 0. The monoisotopic (exact) mass is 349 g/mol. The molecule has 0 aliphatic heterocycles. The van der Waals surface area contributed by atoms with Crippen molar-refractivity contribution in [1.29, 1.82) is 0 Å². The van der Waals surface area contributed by atoms with Crippen LogP contribution < -0.4 is 10.1 Å². The van der Waals surface area contributed by atoms with E-state index in [0.29, 0.717) is 6.54 Å². The molecule has 0 radical (unpaired) electrons. The van der Waals surface area contributed by atoms with Crippen molar-refractivity contribution in [2.45, 2.75) is 20.0 Å². The fourth-order valence-electron chi connectivity index (χ4n) is 1.98. The van der Waals surface area contributed by atoms with E-state index in [4.69, 9.17) is 4.74 Å². The first-order valence-corrected chi connectivity index (χ1v) is 7.72. The highest BCUT2D eigenvalue weighted by molar-refractivity contribution is 9.10. The quantitative estimate of drug-likeness (QED) is 0.830. The van der Waals surface area contributed by atoms with Gasteiger partial charge in [-0.15, -0.1) is 0 Å². The summed E-state index contributed by atoms with van der Waals surface area (Å²) in [5.74, 6) is 0.815. The molecule has 2 rings (SSSR count). The fraction of sp³-hybridized carbons (Fsp3) is 0.294. The van der Waals surface area contributed by atoms with E-state index < -0.39 is 6.10 Å². The van der Waals surface area contributed by atoms with Gasteiger partial charge in [0.05, 0.1) is 0 Å². The Morgan fingerprint density at radius 2 is 1.90 bits per heavy atom. The highest BCUT2D eigenvalue weighted by Gasteiger charge is 2.07. The molecule has 0 fully saturated rings. The van der Waals surface area contributed by atoms with Gasteiger partial charge in [0.25, 0.3) is 0 Å². The van der Waals surface area contributed by atoms with Gasteiger partial charge in [-0.2, -0.15) is 0 Å². The molecule has 2 aromatic carbocycles. The van der Waals surface area contributed by atoms with Crippen molar-refractivity contribution in [3.8, 4) is 5.75 Å². The number of aryl methyl sites for hydroxylation is 2. The van der Waals surface area contributed by atoms with Crippen LogP contribution in [-0.4, -0.2) is 24.4 Å². The Balaban J connectivity index is 1.84. The predicted octanol–water partition coefficient (Wildman–Crippen LogP) is 3.92. The summed E-state index contributed by atoms with van der Waals surface area (Å²) in [6.07, 6.45) is -0.567. The van der Waals surface area contributed by atoms with E-state index >= 15 is 0 Å². The van der Waals surface area contributed by atoms with E-state index in [1.54, 1.807) is 0 Å². The average Bonchev–Trinajstić information content (AvgIpc) is 2.47. The molecule has 3 nitrogen and oxygen atoms in total. The normalized spacial score (nSPS) is 12.0. The molecule has 0 aliphatic carbocycles. The lowest BCUT2D eigenvalue weighted by atomic mass is 10.2. The molecule has 4 heteroatoms. The first kappa shape index (κ1) is 15.9. The second-order valence-electron chi connectivity index (χ2n) is 5.07. The van der Waals surface area contributed by atoms with Gasteiger partial charge in [-0.3, -0.25) is 0 Å². The molecule has 0 heterocycles. The number of ether oxygens (including phenoxy) is 1. The minimum absolute atomic E-state index is 0.269. The summed E-state index contributed by atoms with van der Waals surface area (Å²) < 4.78 is 6.66. The molecule has 1 atom stereocenters. The number of anilines is 1. The van der Waals surface area contributed by atoms with Crippen molar-refractivity contribution in [2.75, 3.05) is 18.5 Å². The van der Waals surface area contributed by atoms with Gasteiger partial charge in [0.2, 0.25) is 0 Å². The number of halogens is 1. The summed E-state index contributed by atoms with van der Waals surface area (Å²) in [6.45, 7) is 4.74. The molecular weight excluding hydrogens is 330 g/mol. The van der Waals surface area contributed by atoms with Crippen LogP contribution in [0.3, 0.4) is 0 Å². The zero-order valence-electron chi connectivity index (χ0n) is 12.3. The van der Waals surface area contributed by atoms with Crippen molar-refractivity contribution in [2.24, 2.45) is 0 Å². The summed E-state index contributed by atoms with van der Waals surface area (Å²) >= 11 is 3.45. The smallest absolute Gasteiger partial charge is 0.122 e. The summed E-state index contributed by atoms with van der Waals surface area (Å²) in [7, 11) is 0. The molecular formula is C17H20BrNO2. The molecule has 0 aliphatic rings. The van der Waals surface area contributed by atoms with Gasteiger partial charge in [-0.25, -0.2) is 0 Å². The van der Waals surface area contributed by atoms with Crippen molar-refractivity contribution >= 4 is 21.6 Å². The predicted molar refractivity (Wildman–Crippen MR) is 90.0 cm³/mol. The standard InChI is InChI=1S/C17H20BrNO2/c1-12-7-8-14(18)9-16(12)19-10-15(20)11-21-17-6-4-3-5-13(17)2/h3-9,15,19-20H,10-11H2,1-2H3. The van der Waals surface area contributed by atoms with Crippen LogP contribution in [0.25, 0.3) is 0 Å². The molecule has 1 unspecified atom stereocenters. The van der Waals surface area contributed by atoms with Crippen molar-refractivity contribution in [1.82, 2.24) is 0 Å². The van der Waals surface area contributed by atoms with Gasteiger partial charge in [0.1, 0.15) is 18.5 Å². The number of nitrogens with one attached hydrogen (secondary N) is 1. The zero-order valence-corrected chi connectivity index (χ0v) is 13.9. The van der Waals surface area contributed by atoms with Crippen LogP contribution in [0.2, 0.25) is 0 Å². The number of para-hydroxylation sites is 1. The van der Waals surface area contributed by atoms with Crippen LogP contribution in [-0.2, 0) is 0 Å². The number of benzene rings is 2. The Morgan fingerprint density at radius 1 is 1.14 bits per heavy atom. The van der Waals surface area contributed by atoms with Crippen molar-refractivity contribution in [3.05, 3.63) is 58.1 Å². The van der Waals surface area contributed by atoms with Gasteiger partial charge < -0.3 is 15.2 Å². The van der Waals surface area contributed by atoms with Gasteiger partial charge >= 0.3 is 0 Å². The van der Waals surface area contributed by atoms with Gasteiger partial charge in [-0.1, -0.05) is 40.2 Å². The van der Waals surface area contributed by atoms with E-state index in [0.717, 1.165) is 27.0 Å². The van der Waals surface area contributed by atoms with Crippen LogP contribution in [0.15, 0.2) is 46.9 Å². The van der Waals surface area contributed by atoms with Gasteiger partial charge in [0, 0.05) is 16.7 Å². The van der Waals surface area contributed by atoms with Crippen LogP contribution in [0.5, 0.6) is 5.75 Å². The summed E-state index contributed by atoms with van der Waals surface area (Å²) in [6, 6.07) is 13.8. The highest BCUT2D eigenvalue weighted by Crippen LogP contribution is 2.20. The first-order valence-electron chi connectivity index (χ1n) is 6.93. The van der Waals surface area contributed by atoms with Crippen molar-refractivity contribution in [3.63, 3.8) is 0 Å². The van der Waals surface area contributed by atoms with E-state index in [1.807, 2.05) is 56.3 Å². The Bertz CT molecular complexity index is 601. The molecule has 0 aromatic heterocycles. The first-order chi connectivity index (χ1) is 10.1. The highest BCUT2D eigenvalue weighted by atomic mass is 79.9. The lowest BCUT2D eigenvalue weighted by Crippen LogP contribution is -2.26.